The molecule has 0 aliphatic carbocycles. The fraction of sp³-hybridized carbons (Fsp3) is 0.667. The van der Waals surface area contributed by atoms with Gasteiger partial charge in [-0.3, -0.25) is 4.79 Å². The van der Waals surface area contributed by atoms with Crippen LogP contribution in [0.4, 0.5) is 0 Å². The van der Waals surface area contributed by atoms with Crippen LogP contribution >= 0.6 is 11.3 Å². The van der Waals surface area contributed by atoms with Crippen LogP contribution in [-0.4, -0.2) is 28.1 Å². The van der Waals surface area contributed by atoms with Crippen LogP contribution in [0.25, 0.3) is 0 Å². The summed E-state index contributed by atoms with van der Waals surface area (Å²) in [5.74, 6) is 0.114. The Balaban J connectivity index is 2.76. The lowest BCUT2D eigenvalue weighted by Crippen LogP contribution is -2.48. The number of aliphatic hydroxyl groups excluding tert-OH is 1. The fourth-order valence-corrected chi connectivity index (χ4v) is 2.05. The van der Waals surface area contributed by atoms with E-state index in [1.165, 1.54) is 11.3 Å². The Morgan fingerprint density at radius 3 is 2.71 bits per heavy atom. The van der Waals surface area contributed by atoms with Gasteiger partial charge in [0.15, 0.2) is 0 Å². The second-order valence-electron chi connectivity index (χ2n) is 4.75. The molecule has 0 fully saturated rings. The van der Waals surface area contributed by atoms with Crippen molar-refractivity contribution in [1.82, 2.24) is 10.3 Å². The number of amides is 1. The molecule has 1 atom stereocenters. The SMILES string of the molecule is CC[C@@](C)(CO)NC(=O)c1csc(C(C)C)n1. The summed E-state index contributed by atoms with van der Waals surface area (Å²) in [5.41, 5.74) is -0.134. The molecular weight excluding hydrogens is 236 g/mol. The fourth-order valence-electron chi connectivity index (χ4n) is 1.23. The van der Waals surface area contributed by atoms with E-state index in [-0.39, 0.29) is 12.5 Å². The molecule has 1 aromatic heterocycles. The lowest BCUT2D eigenvalue weighted by molar-refractivity contribution is 0.0843. The summed E-state index contributed by atoms with van der Waals surface area (Å²) in [6.07, 6.45) is 0.677. The van der Waals surface area contributed by atoms with Crippen LogP contribution in [0.1, 0.15) is 55.5 Å². The van der Waals surface area contributed by atoms with Crippen LogP contribution in [0.2, 0.25) is 0 Å². The molecule has 0 saturated heterocycles. The highest BCUT2D eigenvalue weighted by Crippen LogP contribution is 2.19. The summed E-state index contributed by atoms with van der Waals surface area (Å²) in [6, 6.07) is 0. The van der Waals surface area contributed by atoms with E-state index in [0.29, 0.717) is 18.0 Å². The third kappa shape index (κ3) is 3.51. The van der Waals surface area contributed by atoms with Crippen molar-refractivity contribution < 1.29 is 9.90 Å². The van der Waals surface area contributed by atoms with Gasteiger partial charge in [0, 0.05) is 11.3 Å². The first-order valence-electron chi connectivity index (χ1n) is 5.80. The average Bonchev–Trinajstić information content (AvgIpc) is 2.78. The molecule has 0 spiro atoms. The molecule has 0 saturated carbocycles. The third-order valence-electron chi connectivity index (χ3n) is 2.79. The van der Waals surface area contributed by atoms with Crippen molar-refractivity contribution in [3.05, 3.63) is 16.1 Å². The van der Waals surface area contributed by atoms with E-state index in [9.17, 15) is 9.90 Å². The lowest BCUT2D eigenvalue weighted by Gasteiger charge is -2.26. The van der Waals surface area contributed by atoms with E-state index < -0.39 is 5.54 Å². The van der Waals surface area contributed by atoms with Gasteiger partial charge in [-0.05, 0) is 13.3 Å². The van der Waals surface area contributed by atoms with Crippen LogP contribution in [0.3, 0.4) is 0 Å². The summed E-state index contributed by atoms with van der Waals surface area (Å²) < 4.78 is 0. The monoisotopic (exact) mass is 256 g/mol. The molecule has 0 unspecified atom stereocenters. The topological polar surface area (TPSA) is 62.2 Å². The highest BCUT2D eigenvalue weighted by molar-refractivity contribution is 7.09. The lowest BCUT2D eigenvalue weighted by atomic mass is 10.0. The number of carbonyl (C=O) groups excluding carboxylic acids is 1. The molecule has 5 heteroatoms. The second-order valence-corrected chi connectivity index (χ2v) is 5.64. The van der Waals surface area contributed by atoms with Crippen LogP contribution < -0.4 is 5.32 Å². The number of rotatable bonds is 5. The van der Waals surface area contributed by atoms with E-state index in [4.69, 9.17) is 0 Å². The highest BCUT2D eigenvalue weighted by atomic mass is 32.1. The van der Waals surface area contributed by atoms with Gasteiger partial charge in [-0.25, -0.2) is 4.98 Å². The molecule has 0 aromatic carbocycles. The van der Waals surface area contributed by atoms with Gasteiger partial charge in [-0.2, -0.15) is 0 Å². The zero-order valence-electron chi connectivity index (χ0n) is 10.8. The average molecular weight is 256 g/mol. The Morgan fingerprint density at radius 2 is 2.29 bits per heavy atom. The van der Waals surface area contributed by atoms with E-state index in [1.54, 1.807) is 5.38 Å². The highest BCUT2D eigenvalue weighted by Gasteiger charge is 2.25. The number of hydrogen-bond donors (Lipinski definition) is 2. The molecule has 0 radical (unpaired) electrons. The van der Waals surface area contributed by atoms with Gasteiger partial charge < -0.3 is 10.4 Å². The van der Waals surface area contributed by atoms with Crippen molar-refractivity contribution >= 4 is 17.2 Å². The van der Waals surface area contributed by atoms with Crippen LogP contribution in [-0.2, 0) is 0 Å². The first-order valence-corrected chi connectivity index (χ1v) is 6.68. The Hall–Kier alpha value is -0.940. The number of nitrogens with one attached hydrogen (secondary N) is 1. The number of thiazole rings is 1. The van der Waals surface area contributed by atoms with Gasteiger partial charge >= 0.3 is 0 Å². The van der Waals surface area contributed by atoms with Crippen molar-refractivity contribution in [3.8, 4) is 0 Å². The molecular formula is C12H20N2O2S. The molecule has 96 valence electrons. The summed E-state index contributed by atoms with van der Waals surface area (Å²) in [7, 11) is 0. The van der Waals surface area contributed by atoms with Crippen molar-refractivity contribution in [3.63, 3.8) is 0 Å². The molecule has 1 aromatic rings. The summed E-state index contributed by atoms with van der Waals surface area (Å²) in [5, 5.41) is 14.8. The maximum Gasteiger partial charge on any atom is 0.271 e. The van der Waals surface area contributed by atoms with Gasteiger partial charge in [0.05, 0.1) is 17.2 Å². The van der Waals surface area contributed by atoms with E-state index >= 15 is 0 Å². The normalized spacial score (nSPS) is 14.7. The predicted octanol–water partition coefficient (Wildman–Crippen LogP) is 2.16. The third-order valence-corrected chi connectivity index (χ3v) is 3.94. The molecule has 0 bridgehead atoms. The molecule has 1 amide bonds. The quantitative estimate of drug-likeness (QED) is 0.848. The first kappa shape index (κ1) is 14.1. The van der Waals surface area contributed by atoms with Crippen molar-refractivity contribution in [2.45, 2.75) is 45.6 Å². The molecule has 0 aliphatic rings. The second kappa shape index (κ2) is 5.60. The molecule has 17 heavy (non-hydrogen) atoms. The first-order chi connectivity index (χ1) is 7.91. The maximum absolute atomic E-state index is 11.9. The number of aromatic nitrogens is 1. The van der Waals surface area contributed by atoms with Crippen molar-refractivity contribution in [2.75, 3.05) is 6.61 Å². The van der Waals surface area contributed by atoms with Gasteiger partial charge in [-0.1, -0.05) is 20.8 Å². The number of nitrogens with zero attached hydrogens (tertiary/aromatic N) is 1. The smallest absolute Gasteiger partial charge is 0.271 e. The Bertz CT molecular complexity index is 384. The van der Waals surface area contributed by atoms with Crippen molar-refractivity contribution in [2.24, 2.45) is 0 Å². The van der Waals surface area contributed by atoms with Gasteiger partial charge in [0.1, 0.15) is 5.69 Å². The molecule has 1 heterocycles. The summed E-state index contributed by atoms with van der Waals surface area (Å²) in [6.45, 7) is 7.77. The summed E-state index contributed by atoms with van der Waals surface area (Å²) >= 11 is 1.49. The minimum atomic E-state index is -0.571. The number of hydrogen-bond acceptors (Lipinski definition) is 4. The molecule has 1 rings (SSSR count). The largest absolute Gasteiger partial charge is 0.394 e. The van der Waals surface area contributed by atoms with Gasteiger partial charge in [0.2, 0.25) is 0 Å². The summed E-state index contributed by atoms with van der Waals surface area (Å²) in [4.78, 5) is 16.2. The van der Waals surface area contributed by atoms with Crippen LogP contribution in [0, 0.1) is 0 Å². The zero-order valence-corrected chi connectivity index (χ0v) is 11.6. The predicted molar refractivity (Wildman–Crippen MR) is 69.5 cm³/mol. The molecule has 0 aliphatic heterocycles. The van der Waals surface area contributed by atoms with E-state index in [2.05, 4.69) is 10.3 Å². The van der Waals surface area contributed by atoms with Crippen LogP contribution in [0.5, 0.6) is 0 Å². The van der Waals surface area contributed by atoms with E-state index in [1.807, 2.05) is 27.7 Å². The molecule has 2 N–H and O–H groups in total. The number of aliphatic hydroxyl groups is 1. The maximum atomic E-state index is 11.9. The Labute approximate surface area is 106 Å². The number of carbonyl (C=O) groups is 1. The Morgan fingerprint density at radius 1 is 1.65 bits per heavy atom. The van der Waals surface area contributed by atoms with E-state index in [0.717, 1.165) is 5.01 Å². The van der Waals surface area contributed by atoms with Gasteiger partial charge in [0.25, 0.3) is 5.91 Å². The standard InChI is InChI=1S/C12H20N2O2S/c1-5-12(4,7-15)14-10(16)9-6-17-11(13-9)8(2)3/h6,8,15H,5,7H2,1-4H3,(H,14,16)/t12-/m0/s1. The minimum absolute atomic E-state index is 0.0730. The zero-order chi connectivity index (χ0) is 13.1. The van der Waals surface area contributed by atoms with Crippen molar-refractivity contribution in [1.29, 1.82) is 0 Å². The van der Waals surface area contributed by atoms with Crippen LogP contribution in [0.15, 0.2) is 5.38 Å². The Kier molecular flexibility index (Phi) is 4.65. The molecule has 4 nitrogen and oxygen atoms in total. The van der Waals surface area contributed by atoms with Gasteiger partial charge in [-0.15, -0.1) is 11.3 Å². The minimum Gasteiger partial charge on any atom is -0.394 e.